The predicted octanol–water partition coefficient (Wildman–Crippen LogP) is 3.29. The van der Waals surface area contributed by atoms with Crippen LogP contribution < -0.4 is 4.74 Å². The predicted molar refractivity (Wildman–Crippen MR) is 67.4 cm³/mol. The van der Waals surface area contributed by atoms with Gasteiger partial charge in [-0.1, -0.05) is 28.1 Å². The first kappa shape index (κ1) is 11.6. The Morgan fingerprint density at radius 2 is 2.18 bits per heavy atom. The number of ether oxygens (including phenoxy) is 1. The normalized spacial score (nSPS) is 9.65. The maximum Gasteiger partial charge on any atom is 0.231 e. The number of benzene rings is 1. The van der Waals surface area contributed by atoms with Gasteiger partial charge in [-0.15, -0.1) is 0 Å². The molecule has 17 heavy (non-hydrogen) atoms. The smallest absolute Gasteiger partial charge is 0.231 e. The van der Waals surface area contributed by atoms with Crippen molar-refractivity contribution in [2.24, 2.45) is 0 Å². The molecule has 1 aromatic heterocycles. The highest BCUT2D eigenvalue weighted by molar-refractivity contribution is 9.10. The summed E-state index contributed by atoms with van der Waals surface area (Å²) >= 11 is 3.39. The van der Waals surface area contributed by atoms with Gasteiger partial charge in [-0.3, -0.25) is 0 Å². The monoisotopic (exact) mass is 288 g/mol. The Kier molecular flexibility index (Phi) is 3.73. The van der Waals surface area contributed by atoms with Gasteiger partial charge in [-0.2, -0.15) is 5.26 Å². The Bertz CT molecular complexity index is 563. The Hall–Kier alpha value is -1.86. The van der Waals surface area contributed by atoms with Crippen molar-refractivity contribution in [3.8, 4) is 11.9 Å². The number of nitrogens with zero attached hydrogens (tertiary/aromatic N) is 2. The molecule has 0 radical (unpaired) electrons. The first-order valence-electron chi connectivity index (χ1n) is 5.02. The average Bonchev–Trinajstić information content (AvgIpc) is 2.37. The van der Waals surface area contributed by atoms with Crippen molar-refractivity contribution in [2.75, 3.05) is 0 Å². The molecule has 4 heteroatoms. The van der Waals surface area contributed by atoms with E-state index in [1.165, 1.54) is 0 Å². The number of halogens is 1. The summed E-state index contributed by atoms with van der Waals surface area (Å²) < 4.78 is 6.51. The number of nitriles is 1. The SMILES string of the molecule is N#Cc1cccnc1OCc1cccc(Br)c1. The summed E-state index contributed by atoms with van der Waals surface area (Å²) in [5, 5.41) is 8.88. The Labute approximate surface area is 108 Å². The number of hydrogen-bond acceptors (Lipinski definition) is 3. The molecule has 84 valence electrons. The lowest BCUT2D eigenvalue weighted by Gasteiger charge is -2.06. The number of aromatic nitrogens is 1. The summed E-state index contributed by atoms with van der Waals surface area (Å²) in [6.45, 7) is 0.394. The van der Waals surface area contributed by atoms with E-state index in [1.54, 1.807) is 18.3 Å². The van der Waals surface area contributed by atoms with E-state index in [1.807, 2.05) is 30.3 Å². The first-order valence-corrected chi connectivity index (χ1v) is 5.81. The lowest BCUT2D eigenvalue weighted by Crippen LogP contribution is -1.99. The molecule has 0 amide bonds. The van der Waals surface area contributed by atoms with E-state index in [2.05, 4.69) is 20.9 Å². The maximum absolute atomic E-state index is 8.88. The van der Waals surface area contributed by atoms with E-state index in [4.69, 9.17) is 10.00 Å². The maximum atomic E-state index is 8.88. The van der Waals surface area contributed by atoms with Crippen molar-refractivity contribution < 1.29 is 4.74 Å². The minimum Gasteiger partial charge on any atom is -0.472 e. The van der Waals surface area contributed by atoms with Crippen molar-refractivity contribution in [1.29, 1.82) is 5.26 Å². The van der Waals surface area contributed by atoms with Gasteiger partial charge in [0.25, 0.3) is 0 Å². The van der Waals surface area contributed by atoms with E-state index >= 15 is 0 Å². The summed E-state index contributed by atoms with van der Waals surface area (Å²) in [6, 6.07) is 13.3. The van der Waals surface area contributed by atoms with Crippen LogP contribution >= 0.6 is 15.9 Å². The Morgan fingerprint density at radius 1 is 1.29 bits per heavy atom. The Morgan fingerprint density at radius 3 is 2.94 bits per heavy atom. The van der Waals surface area contributed by atoms with Crippen LogP contribution in [0.15, 0.2) is 47.1 Å². The molecule has 0 saturated heterocycles. The van der Waals surface area contributed by atoms with Crippen LogP contribution in [0.4, 0.5) is 0 Å². The summed E-state index contributed by atoms with van der Waals surface area (Å²) in [5.74, 6) is 0.370. The van der Waals surface area contributed by atoms with Gasteiger partial charge in [0.2, 0.25) is 5.88 Å². The molecule has 0 N–H and O–H groups in total. The minimum atomic E-state index is 0.370. The third-order valence-electron chi connectivity index (χ3n) is 2.16. The van der Waals surface area contributed by atoms with Crippen molar-refractivity contribution in [1.82, 2.24) is 4.98 Å². The molecule has 0 aliphatic heterocycles. The largest absolute Gasteiger partial charge is 0.472 e. The van der Waals surface area contributed by atoms with E-state index in [0.29, 0.717) is 18.1 Å². The fourth-order valence-electron chi connectivity index (χ4n) is 1.37. The highest BCUT2D eigenvalue weighted by Crippen LogP contribution is 2.16. The van der Waals surface area contributed by atoms with Crippen LogP contribution in [-0.4, -0.2) is 4.98 Å². The summed E-state index contributed by atoms with van der Waals surface area (Å²) in [7, 11) is 0. The topological polar surface area (TPSA) is 45.9 Å². The van der Waals surface area contributed by atoms with Gasteiger partial charge < -0.3 is 4.74 Å². The van der Waals surface area contributed by atoms with Crippen LogP contribution in [0.25, 0.3) is 0 Å². The zero-order valence-electron chi connectivity index (χ0n) is 8.93. The van der Waals surface area contributed by atoms with Crippen LogP contribution in [0.3, 0.4) is 0 Å². The second-order valence-corrected chi connectivity index (χ2v) is 4.30. The van der Waals surface area contributed by atoms with E-state index < -0.39 is 0 Å². The van der Waals surface area contributed by atoms with E-state index in [-0.39, 0.29) is 0 Å². The molecular weight excluding hydrogens is 280 g/mol. The van der Waals surface area contributed by atoms with Crippen LogP contribution in [0.5, 0.6) is 5.88 Å². The zero-order chi connectivity index (χ0) is 12.1. The molecular formula is C13H9BrN2O. The van der Waals surface area contributed by atoms with Crippen molar-refractivity contribution >= 4 is 15.9 Å². The lowest BCUT2D eigenvalue weighted by atomic mass is 10.2. The van der Waals surface area contributed by atoms with Crippen molar-refractivity contribution in [2.45, 2.75) is 6.61 Å². The molecule has 0 saturated carbocycles. The second-order valence-electron chi connectivity index (χ2n) is 3.39. The third kappa shape index (κ3) is 3.05. The van der Waals surface area contributed by atoms with Crippen LogP contribution in [-0.2, 0) is 6.61 Å². The number of pyridine rings is 1. The molecule has 0 bridgehead atoms. The molecule has 1 aromatic carbocycles. The van der Waals surface area contributed by atoms with Gasteiger partial charge in [0.05, 0.1) is 0 Å². The standard InChI is InChI=1S/C13H9BrN2O/c14-12-5-1-3-10(7-12)9-17-13-11(8-15)4-2-6-16-13/h1-7H,9H2. The molecule has 0 unspecified atom stereocenters. The molecule has 1 heterocycles. The van der Waals surface area contributed by atoms with Gasteiger partial charge in [-0.05, 0) is 29.8 Å². The van der Waals surface area contributed by atoms with Gasteiger partial charge >= 0.3 is 0 Å². The minimum absolute atomic E-state index is 0.370. The molecule has 2 aromatic rings. The third-order valence-corrected chi connectivity index (χ3v) is 2.65. The number of hydrogen-bond donors (Lipinski definition) is 0. The zero-order valence-corrected chi connectivity index (χ0v) is 10.5. The van der Waals surface area contributed by atoms with Crippen LogP contribution in [0.2, 0.25) is 0 Å². The molecule has 0 atom stereocenters. The Balaban J connectivity index is 2.10. The quantitative estimate of drug-likeness (QED) is 0.871. The second kappa shape index (κ2) is 5.46. The molecule has 2 rings (SSSR count). The fourth-order valence-corrected chi connectivity index (χ4v) is 1.82. The first-order chi connectivity index (χ1) is 8.29. The lowest BCUT2D eigenvalue weighted by molar-refractivity contribution is 0.293. The summed E-state index contributed by atoms with van der Waals surface area (Å²) in [6.07, 6.45) is 1.61. The summed E-state index contributed by atoms with van der Waals surface area (Å²) in [4.78, 5) is 4.03. The fraction of sp³-hybridized carbons (Fsp3) is 0.0769. The van der Waals surface area contributed by atoms with Gasteiger partial charge in [0, 0.05) is 10.7 Å². The number of rotatable bonds is 3. The van der Waals surface area contributed by atoms with E-state index in [9.17, 15) is 0 Å². The van der Waals surface area contributed by atoms with E-state index in [0.717, 1.165) is 10.0 Å². The molecule has 0 aliphatic carbocycles. The van der Waals surface area contributed by atoms with Crippen LogP contribution in [0, 0.1) is 11.3 Å². The van der Waals surface area contributed by atoms with Crippen LogP contribution in [0.1, 0.15) is 11.1 Å². The van der Waals surface area contributed by atoms with Crippen molar-refractivity contribution in [3.05, 3.63) is 58.2 Å². The molecule has 0 fully saturated rings. The van der Waals surface area contributed by atoms with Gasteiger partial charge in [0.1, 0.15) is 18.2 Å². The van der Waals surface area contributed by atoms with Gasteiger partial charge in [-0.25, -0.2) is 4.98 Å². The molecule has 3 nitrogen and oxygen atoms in total. The van der Waals surface area contributed by atoms with Gasteiger partial charge in [0.15, 0.2) is 0 Å². The average molecular weight is 289 g/mol. The van der Waals surface area contributed by atoms with Crippen molar-refractivity contribution in [3.63, 3.8) is 0 Å². The highest BCUT2D eigenvalue weighted by atomic mass is 79.9. The summed E-state index contributed by atoms with van der Waals surface area (Å²) in [5.41, 5.74) is 1.47. The highest BCUT2D eigenvalue weighted by Gasteiger charge is 2.03. The molecule has 0 aliphatic rings. The molecule has 0 spiro atoms.